The number of carbonyl (C=O) groups is 1. The van der Waals surface area contributed by atoms with Crippen LogP contribution < -0.4 is 0 Å². The van der Waals surface area contributed by atoms with E-state index in [4.69, 9.17) is 27.9 Å². The van der Waals surface area contributed by atoms with E-state index in [0.717, 1.165) is 5.56 Å². The van der Waals surface area contributed by atoms with Crippen LogP contribution in [0.15, 0.2) is 30.3 Å². The minimum atomic E-state index is -0.833. The highest BCUT2D eigenvalue weighted by atomic mass is 35.5. The number of rotatable bonds is 6. The summed E-state index contributed by atoms with van der Waals surface area (Å²) in [4.78, 5) is 11.9. The fourth-order valence-corrected chi connectivity index (χ4v) is 2.28. The largest absolute Gasteiger partial charge is 0.465 e. The third-order valence-electron chi connectivity index (χ3n) is 2.61. The first-order chi connectivity index (χ1) is 8.18. The summed E-state index contributed by atoms with van der Waals surface area (Å²) < 4.78 is 5.05. The van der Waals surface area contributed by atoms with Crippen LogP contribution >= 0.6 is 23.2 Å². The summed E-state index contributed by atoms with van der Waals surface area (Å²) in [5.41, 5.74) is 0.197. The van der Waals surface area contributed by atoms with E-state index < -0.39 is 5.41 Å². The molecule has 0 heterocycles. The van der Waals surface area contributed by atoms with E-state index in [2.05, 4.69) is 0 Å². The van der Waals surface area contributed by atoms with Gasteiger partial charge in [0.25, 0.3) is 0 Å². The number of benzene rings is 1. The first kappa shape index (κ1) is 14.3. The molecule has 0 spiro atoms. The normalized spacial score (nSPS) is 11.2. The average molecular weight is 275 g/mol. The van der Waals surface area contributed by atoms with Crippen LogP contribution in [0.1, 0.15) is 12.5 Å². The zero-order valence-electron chi connectivity index (χ0n) is 9.79. The number of carbonyl (C=O) groups excluding carboxylic acids is 1. The average Bonchev–Trinajstić information content (AvgIpc) is 2.37. The number of alkyl halides is 2. The summed E-state index contributed by atoms with van der Waals surface area (Å²) in [6, 6.07) is 9.68. The summed E-state index contributed by atoms with van der Waals surface area (Å²) >= 11 is 11.8. The molecule has 0 aliphatic heterocycles. The Labute approximate surface area is 112 Å². The molecular weight excluding hydrogens is 259 g/mol. The Balaban J connectivity index is 2.88. The summed E-state index contributed by atoms with van der Waals surface area (Å²) in [7, 11) is 0. The minimum Gasteiger partial charge on any atom is -0.465 e. The maximum atomic E-state index is 11.9. The highest BCUT2D eigenvalue weighted by Crippen LogP contribution is 2.28. The Morgan fingerprint density at radius 3 is 2.29 bits per heavy atom. The predicted molar refractivity (Wildman–Crippen MR) is 70.7 cm³/mol. The summed E-state index contributed by atoms with van der Waals surface area (Å²) in [5, 5.41) is 0. The fraction of sp³-hybridized carbons (Fsp3) is 0.462. The van der Waals surface area contributed by atoms with Crippen molar-refractivity contribution in [2.45, 2.75) is 13.3 Å². The molecule has 0 saturated carbocycles. The van der Waals surface area contributed by atoms with Gasteiger partial charge in [-0.15, -0.1) is 23.2 Å². The molecule has 0 aromatic heterocycles. The van der Waals surface area contributed by atoms with Gasteiger partial charge in [-0.3, -0.25) is 4.79 Å². The van der Waals surface area contributed by atoms with Crippen molar-refractivity contribution in [2.24, 2.45) is 5.41 Å². The molecule has 94 valence electrons. The van der Waals surface area contributed by atoms with Crippen LogP contribution in [0.2, 0.25) is 0 Å². The second kappa shape index (κ2) is 6.87. The van der Waals surface area contributed by atoms with Gasteiger partial charge in [0.15, 0.2) is 0 Å². The van der Waals surface area contributed by atoms with Gasteiger partial charge in [-0.25, -0.2) is 0 Å². The van der Waals surface area contributed by atoms with Crippen LogP contribution in [0.3, 0.4) is 0 Å². The standard InChI is InChI=1S/C13H16Cl2O2/c1-2-17-12(16)13(9-14,10-15)8-11-6-4-3-5-7-11/h3-7H,2,8-10H2,1H3. The van der Waals surface area contributed by atoms with Crippen LogP contribution in [-0.4, -0.2) is 24.3 Å². The van der Waals surface area contributed by atoms with Crippen LogP contribution in [0.5, 0.6) is 0 Å². The van der Waals surface area contributed by atoms with E-state index in [0.29, 0.717) is 13.0 Å². The molecule has 0 N–H and O–H groups in total. The molecule has 0 aliphatic rings. The molecule has 0 saturated heterocycles. The van der Waals surface area contributed by atoms with Gasteiger partial charge in [-0.2, -0.15) is 0 Å². The molecule has 0 aliphatic carbocycles. The smallest absolute Gasteiger partial charge is 0.314 e. The number of ether oxygens (including phenoxy) is 1. The molecule has 2 nitrogen and oxygen atoms in total. The third-order valence-corrected chi connectivity index (χ3v) is 3.63. The molecule has 1 aromatic rings. The van der Waals surface area contributed by atoms with Gasteiger partial charge in [0.1, 0.15) is 0 Å². The lowest BCUT2D eigenvalue weighted by Gasteiger charge is -2.27. The highest BCUT2D eigenvalue weighted by molar-refractivity contribution is 6.23. The number of esters is 1. The molecular formula is C13H16Cl2O2. The summed E-state index contributed by atoms with van der Waals surface area (Å²) in [5.74, 6) is -0.0112. The fourth-order valence-electron chi connectivity index (χ4n) is 1.58. The van der Waals surface area contributed by atoms with Gasteiger partial charge >= 0.3 is 5.97 Å². The van der Waals surface area contributed by atoms with Crippen molar-refractivity contribution in [1.29, 1.82) is 0 Å². The van der Waals surface area contributed by atoms with E-state index in [1.807, 2.05) is 30.3 Å². The Bertz CT molecular complexity index is 348. The van der Waals surface area contributed by atoms with Crippen molar-refractivity contribution >= 4 is 29.2 Å². The Morgan fingerprint density at radius 1 is 1.24 bits per heavy atom. The van der Waals surface area contributed by atoms with Crippen LogP contribution in [0.4, 0.5) is 0 Å². The molecule has 0 bridgehead atoms. The highest BCUT2D eigenvalue weighted by Gasteiger charge is 2.38. The molecule has 0 radical (unpaired) electrons. The monoisotopic (exact) mass is 274 g/mol. The number of hydrogen-bond acceptors (Lipinski definition) is 2. The lowest BCUT2D eigenvalue weighted by atomic mass is 9.85. The summed E-state index contributed by atoms with van der Waals surface area (Å²) in [6.45, 7) is 2.11. The van der Waals surface area contributed by atoms with Crippen molar-refractivity contribution in [3.8, 4) is 0 Å². The first-order valence-corrected chi connectivity index (χ1v) is 6.58. The van der Waals surface area contributed by atoms with Crippen LogP contribution in [-0.2, 0) is 16.0 Å². The van der Waals surface area contributed by atoms with E-state index in [1.54, 1.807) is 6.92 Å². The van der Waals surface area contributed by atoms with E-state index in [9.17, 15) is 4.79 Å². The van der Waals surface area contributed by atoms with Crippen LogP contribution in [0, 0.1) is 5.41 Å². The topological polar surface area (TPSA) is 26.3 Å². The van der Waals surface area contributed by atoms with Crippen molar-refractivity contribution in [1.82, 2.24) is 0 Å². The Kier molecular flexibility index (Phi) is 5.79. The van der Waals surface area contributed by atoms with Crippen molar-refractivity contribution < 1.29 is 9.53 Å². The van der Waals surface area contributed by atoms with Crippen molar-refractivity contribution in [2.75, 3.05) is 18.4 Å². The molecule has 1 aromatic carbocycles. The Morgan fingerprint density at radius 2 is 1.82 bits per heavy atom. The number of hydrogen-bond donors (Lipinski definition) is 0. The summed E-state index contributed by atoms with van der Waals surface area (Å²) in [6.07, 6.45) is 0.500. The van der Waals surface area contributed by atoms with Gasteiger partial charge in [0.2, 0.25) is 0 Å². The zero-order valence-corrected chi connectivity index (χ0v) is 11.3. The van der Waals surface area contributed by atoms with E-state index in [1.165, 1.54) is 0 Å². The number of halogens is 2. The van der Waals surface area contributed by atoms with E-state index in [-0.39, 0.29) is 17.7 Å². The molecule has 0 unspecified atom stereocenters. The second-order valence-electron chi connectivity index (χ2n) is 3.93. The van der Waals surface area contributed by atoms with Gasteiger partial charge in [-0.05, 0) is 18.9 Å². The van der Waals surface area contributed by atoms with Gasteiger partial charge in [0.05, 0.1) is 12.0 Å². The predicted octanol–water partition coefficient (Wildman–Crippen LogP) is 3.26. The Hall–Kier alpha value is -0.730. The zero-order chi connectivity index (χ0) is 12.7. The first-order valence-electron chi connectivity index (χ1n) is 5.51. The third kappa shape index (κ3) is 3.62. The van der Waals surface area contributed by atoms with Crippen LogP contribution in [0.25, 0.3) is 0 Å². The molecule has 0 fully saturated rings. The lowest BCUT2D eigenvalue weighted by molar-refractivity contribution is -0.152. The van der Waals surface area contributed by atoms with Gasteiger partial charge < -0.3 is 4.74 Å². The van der Waals surface area contributed by atoms with Crippen molar-refractivity contribution in [3.05, 3.63) is 35.9 Å². The SMILES string of the molecule is CCOC(=O)C(CCl)(CCl)Cc1ccccc1. The lowest BCUT2D eigenvalue weighted by Crippen LogP contribution is -2.39. The molecule has 4 heteroatoms. The molecule has 17 heavy (non-hydrogen) atoms. The molecule has 0 atom stereocenters. The maximum absolute atomic E-state index is 11.9. The van der Waals surface area contributed by atoms with Gasteiger partial charge in [-0.1, -0.05) is 30.3 Å². The minimum absolute atomic E-state index is 0.157. The van der Waals surface area contributed by atoms with Gasteiger partial charge in [0, 0.05) is 11.8 Å². The van der Waals surface area contributed by atoms with Crippen molar-refractivity contribution in [3.63, 3.8) is 0 Å². The molecule has 1 rings (SSSR count). The van der Waals surface area contributed by atoms with E-state index >= 15 is 0 Å². The second-order valence-corrected chi connectivity index (χ2v) is 4.46. The quantitative estimate of drug-likeness (QED) is 0.588. The maximum Gasteiger partial charge on any atom is 0.314 e. The molecule has 0 amide bonds.